The number of fused-ring (bicyclic) bond motifs is 9. The zero-order valence-electron chi connectivity index (χ0n) is 28.6. The maximum absolute atomic E-state index is 5.26. The molecule has 246 valence electrons. The molecular weight excluding hydrogens is 645 g/mol. The summed E-state index contributed by atoms with van der Waals surface area (Å²) in [6.07, 6.45) is 0. The van der Waals surface area contributed by atoms with E-state index in [2.05, 4.69) is 168 Å². The number of nitrogens with zero attached hydrogens (tertiary/aromatic N) is 4. The lowest BCUT2D eigenvalue weighted by molar-refractivity contribution is 1.07. The number of benzene rings is 9. The third kappa shape index (κ3) is 4.73. The second kappa shape index (κ2) is 11.7. The maximum atomic E-state index is 5.26. The van der Waals surface area contributed by atoms with Gasteiger partial charge in [-0.2, -0.15) is 0 Å². The molecule has 0 bridgehead atoms. The van der Waals surface area contributed by atoms with E-state index in [9.17, 15) is 0 Å². The van der Waals surface area contributed by atoms with Gasteiger partial charge in [-0.25, -0.2) is 15.0 Å². The van der Waals surface area contributed by atoms with E-state index in [0.717, 1.165) is 38.7 Å². The van der Waals surface area contributed by atoms with Crippen molar-refractivity contribution in [2.45, 2.75) is 0 Å². The van der Waals surface area contributed by atoms with Crippen LogP contribution in [-0.2, 0) is 0 Å². The number of rotatable bonds is 4. The molecule has 0 saturated heterocycles. The lowest BCUT2D eigenvalue weighted by Crippen LogP contribution is -2.01. The van der Waals surface area contributed by atoms with Gasteiger partial charge in [-0.15, -0.1) is 0 Å². The van der Waals surface area contributed by atoms with Crippen LogP contribution in [-0.4, -0.2) is 19.5 Å². The highest BCUT2D eigenvalue weighted by atomic mass is 15.0. The SMILES string of the molecule is c1ccc(-c2nc(-c3cccc(-n4c5cc6ccccc6cc5c5ccc6ccccc6c54)c3)nc(-c3cc4ccccc4c4ccccc34)n2)cc1. The van der Waals surface area contributed by atoms with Crippen molar-refractivity contribution in [1.82, 2.24) is 19.5 Å². The van der Waals surface area contributed by atoms with Crippen LogP contribution in [0.4, 0.5) is 0 Å². The summed E-state index contributed by atoms with van der Waals surface area (Å²) < 4.78 is 2.42. The van der Waals surface area contributed by atoms with Crippen LogP contribution in [0.5, 0.6) is 0 Å². The zero-order valence-corrected chi connectivity index (χ0v) is 28.6. The molecular formula is C49H30N4. The highest BCUT2D eigenvalue weighted by Gasteiger charge is 2.19. The monoisotopic (exact) mass is 674 g/mol. The molecule has 2 heterocycles. The van der Waals surface area contributed by atoms with Crippen LogP contribution in [0.1, 0.15) is 0 Å². The Morgan fingerprint density at radius 2 is 0.925 bits per heavy atom. The summed E-state index contributed by atoms with van der Waals surface area (Å²) in [6, 6.07) is 64.6. The Bertz CT molecular complexity index is 3230. The Morgan fingerprint density at radius 3 is 1.74 bits per heavy atom. The Balaban J connectivity index is 1.18. The molecule has 4 nitrogen and oxygen atoms in total. The second-order valence-corrected chi connectivity index (χ2v) is 13.6. The first kappa shape index (κ1) is 29.5. The van der Waals surface area contributed by atoms with Crippen molar-refractivity contribution >= 4 is 64.9 Å². The van der Waals surface area contributed by atoms with Crippen LogP contribution in [0.25, 0.3) is 105 Å². The van der Waals surface area contributed by atoms with Gasteiger partial charge in [0.15, 0.2) is 17.5 Å². The predicted octanol–water partition coefficient (Wildman–Crippen LogP) is 12.6. The van der Waals surface area contributed by atoms with Gasteiger partial charge >= 0.3 is 0 Å². The number of hydrogen-bond donors (Lipinski definition) is 0. The topological polar surface area (TPSA) is 43.6 Å². The van der Waals surface area contributed by atoms with E-state index in [1.165, 1.54) is 48.6 Å². The highest BCUT2D eigenvalue weighted by Crippen LogP contribution is 2.40. The van der Waals surface area contributed by atoms with E-state index in [0.29, 0.717) is 17.5 Å². The van der Waals surface area contributed by atoms with E-state index in [1.807, 2.05) is 18.2 Å². The predicted molar refractivity (Wildman–Crippen MR) is 220 cm³/mol. The first-order chi connectivity index (χ1) is 26.3. The van der Waals surface area contributed by atoms with Crippen molar-refractivity contribution < 1.29 is 0 Å². The van der Waals surface area contributed by atoms with Crippen molar-refractivity contribution in [2.75, 3.05) is 0 Å². The summed E-state index contributed by atoms with van der Waals surface area (Å²) in [5.74, 6) is 1.92. The van der Waals surface area contributed by atoms with E-state index in [1.54, 1.807) is 0 Å². The summed E-state index contributed by atoms with van der Waals surface area (Å²) in [7, 11) is 0. The summed E-state index contributed by atoms with van der Waals surface area (Å²) >= 11 is 0. The zero-order chi connectivity index (χ0) is 34.9. The molecule has 0 spiro atoms. The van der Waals surface area contributed by atoms with Gasteiger partial charge in [-0.3, -0.25) is 0 Å². The van der Waals surface area contributed by atoms with Crippen LogP contribution < -0.4 is 0 Å². The molecule has 0 amide bonds. The molecule has 0 N–H and O–H groups in total. The van der Waals surface area contributed by atoms with Crippen molar-refractivity contribution in [3.8, 4) is 39.9 Å². The van der Waals surface area contributed by atoms with Crippen LogP contribution >= 0.6 is 0 Å². The molecule has 0 aliphatic carbocycles. The number of hydrogen-bond acceptors (Lipinski definition) is 3. The van der Waals surface area contributed by atoms with E-state index in [4.69, 9.17) is 15.0 Å². The van der Waals surface area contributed by atoms with Crippen molar-refractivity contribution in [3.63, 3.8) is 0 Å². The minimum atomic E-state index is 0.629. The Morgan fingerprint density at radius 1 is 0.321 bits per heavy atom. The van der Waals surface area contributed by atoms with Gasteiger partial charge in [0.05, 0.1) is 11.0 Å². The summed E-state index contributed by atoms with van der Waals surface area (Å²) in [5, 5.41) is 12.0. The van der Waals surface area contributed by atoms with Gasteiger partial charge in [0, 0.05) is 38.5 Å². The van der Waals surface area contributed by atoms with Crippen LogP contribution in [0.15, 0.2) is 182 Å². The first-order valence-electron chi connectivity index (χ1n) is 17.9. The summed E-state index contributed by atoms with van der Waals surface area (Å²) in [4.78, 5) is 15.6. The lowest BCUT2D eigenvalue weighted by Gasteiger charge is -2.14. The fraction of sp³-hybridized carbons (Fsp3) is 0. The van der Waals surface area contributed by atoms with Crippen molar-refractivity contribution in [1.29, 1.82) is 0 Å². The fourth-order valence-corrected chi connectivity index (χ4v) is 8.10. The lowest BCUT2D eigenvalue weighted by atomic mass is 9.97. The van der Waals surface area contributed by atoms with Gasteiger partial charge in [-0.05, 0) is 68.0 Å². The van der Waals surface area contributed by atoms with Crippen molar-refractivity contribution in [2.24, 2.45) is 0 Å². The van der Waals surface area contributed by atoms with E-state index < -0.39 is 0 Å². The average Bonchev–Trinajstić information content (AvgIpc) is 3.56. The Labute approximate surface area is 305 Å². The molecule has 0 aliphatic heterocycles. The largest absolute Gasteiger partial charge is 0.309 e. The molecule has 9 aromatic carbocycles. The third-order valence-electron chi connectivity index (χ3n) is 10.6. The molecule has 4 heteroatoms. The van der Waals surface area contributed by atoms with E-state index >= 15 is 0 Å². The van der Waals surface area contributed by atoms with Gasteiger partial charge in [-0.1, -0.05) is 152 Å². The number of aromatic nitrogens is 4. The standard InChI is InChI=1S/C49H30N4/c1-2-14-32(15-3-1)47-50-48(52-49(51-47)44-29-35-18-7-8-21-38(35)40-23-10-11-24-41(40)44)36-19-12-20-37(27-36)53-45-30-34-17-5-4-16-33(34)28-43(45)42-26-25-31-13-6-9-22-39(31)46(42)53/h1-30H. The molecule has 0 atom stereocenters. The van der Waals surface area contributed by atoms with Crippen LogP contribution in [0.2, 0.25) is 0 Å². The van der Waals surface area contributed by atoms with Gasteiger partial charge in [0.1, 0.15) is 0 Å². The Kier molecular flexibility index (Phi) is 6.52. The maximum Gasteiger partial charge on any atom is 0.164 e. The van der Waals surface area contributed by atoms with Crippen LogP contribution in [0, 0.1) is 0 Å². The highest BCUT2D eigenvalue weighted by molar-refractivity contribution is 6.20. The van der Waals surface area contributed by atoms with Gasteiger partial charge in [0.25, 0.3) is 0 Å². The first-order valence-corrected chi connectivity index (χ1v) is 17.9. The quantitative estimate of drug-likeness (QED) is 0.175. The smallest absolute Gasteiger partial charge is 0.164 e. The third-order valence-corrected chi connectivity index (χ3v) is 10.6. The minimum absolute atomic E-state index is 0.629. The molecule has 2 aromatic heterocycles. The molecule has 11 rings (SSSR count). The van der Waals surface area contributed by atoms with Crippen molar-refractivity contribution in [3.05, 3.63) is 182 Å². The minimum Gasteiger partial charge on any atom is -0.309 e. The molecule has 53 heavy (non-hydrogen) atoms. The average molecular weight is 675 g/mol. The molecule has 0 unspecified atom stereocenters. The molecule has 0 aliphatic rings. The second-order valence-electron chi connectivity index (χ2n) is 13.6. The van der Waals surface area contributed by atoms with Gasteiger partial charge in [0.2, 0.25) is 0 Å². The van der Waals surface area contributed by atoms with Gasteiger partial charge < -0.3 is 4.57 Å². The fourth-order valence-electron chi connectivity index (χ4n) is 8.10. The van der Waals surface area contributed by atoms with Crippen LogP contribution in [0.3, 0.4) is 0 Å². The summed E-state index contributed by atoms with van der Waals surface area (Å²) in [5.41, 5.74) is 6.25. The normalized spacial score (nSPS) is 11.8. The summed E-state index contributed by atoms with van der Waals surface area (Å²) in [6.45, 7) is 0. The Hall–Kier alpha value is -7.17. The van der Waals surface area contributed by atoms with E-state index in [-0.39, 0.29) is 0 Å². The molecule has 0 radical (unpaired) electrons. The molecule has 0 saturated carbocycles. The molecule has 0 fully saturated rings. The molecule has 11 aromatic rings.